The van der Waals surface area contributed by atoms with Gasteiger partial charge in [0.1, 0.15) is 6.61 Å². The lowest BCUT2D eigenvalue weighted by Gasteiger charge is -2.19. The number of carbonyl (C=O) groups is 3. The van der Waals surface area contributed by atoms with Crippen LogP contribution in [-0.4, -0.2) is 42.3 Å². The van der Waals surface area contributed by atoms with E-state index in [1.165, 1.54) is 22.3 Å². The molecule has 0 heterocycles. The third kappa shape index (κ3) is 7.07. The number of carbonyl (C=O) groups excluding carboxylic acids is 2. The van der Waals surface area contributed by atoms with Gasteiger partial charge < -0.3 is 20.5 Å². The minimum Gasteiger partial charge on any atom is -0.481 e. The summed E-state index contributed by atoms with van der Waals surface area (Å²) < 4.78 is 5.61. The molecule has 3 N–H and O–H groups in total. The number of hydrogen-bond acceptors (Lipinski definition) is 4. The van der Waals surface area contributed by atoms with Crippen molar-refractivity contribution in [2.45, 2.75) is 63.8 Å². The number of ether oxygens (including phenoxy) is 1. The van der Waals surface area contributed by atoms with Crippen LogP contribution in [0.2, 0.25) is 0 Å². The predicted molar refractivity (Wildman–Crippen MR) is 131 cm³/mol. The molecule has 3 rings (SSSR count). The van der Waals surface area contributed by atoms with Crippen molar-refractivity contribution < 1.29 is 24.2 Å². The van der Waals surface area contributed by atoms with Crippen LogP contribution in [-0.2, 0) is 14.3 Å². The summed E-state index contributed by atoms with van der Waals surface area (Å²) in [5, 5.41) is 14.4. The molecule has 0 saturated carbocycles. The molecule has 1 aliphatic carbocycles. The minimum absolute atomic E-state index is 0.0134. The smallest absolute Gasteiger partial charge is 0.407 e. The van der Waals surface area contributed by atoms with E-state index in [2.05, 4.69) is 34.9 Å². The largest absolute Gasteiger partial charge is 0.481 e. The van der Waals surface area contributed by atoms with Crippen molar-refractivity contribution in [3.63, 3.8) is 0 Å². The Morgan fingerprint density at radius 1 is 0.941 bits per heavy atom. The van der Waals surface area contributed by atoms with Crippen LogP contribution in [0.25, 0.3) is 11.1 Å². The number of aliphatic carboxylic acids is 1. The van der Waals surface area contributed by atoms with Gasteiger partial charge in [0, 0.05) is 31.3 Å². The maximum Gasteiger partial charge on any atom is 0.407 e. The lowest BCUT2D eigenvalue weighted by molar-refractivity contribution is -0.137. The van der Waals surface area contributed by atoms with E-state index < -0.39 is 12.1 Å². The highest BCUT2D eigenvalue weighted by atomic mass is 16.5. The van der Waals surface area contributed by atoms with Crippen LogP contribution >= 0.6 is 0 Å². The molecule has 7 nitrogen and oxygen atoms in total. The van der Waals surface area contributed by atoms with Crippen LogP contribution in [0.1, 0.15) is 68.9 Å². The van der Waals surface area contributed by atoms with Crippen LogP contribution in [0.4, 0.5) is 4.79 Å². The summed E-state index contributed by atoms with van der Waals surface area (Å²) in [6, 6.07) is 16.3. The molecule has 1 aliphatic rings. The number of amides is 2. The van der Waals surface area contributed by atoms with Crippen molar-refractivity contribution >= 4 is 18.0 Å². The third-order valence-electron chi connectivity index (χ3n) is 6.27. The van der Waals surface area contributed by atoms with Gasteiger partial charge in [0.15, 0.2) is 0 Å². The maximum atomic E-state index is 12.5. The quantitative estimate of drug-likeness (QED) is 0.366. The second-order valence-corrected chi connectivity index (χ2v) is 8.67. The van der Waals surface area contributed by atoms with Gasteiger partial charge in [-0.3, -0.25) is 9.59 Å². The molecule has 0 bridgehead atoms. The summed E-state index contributed by atoms with van der Waals surface area (Å²) in [6.07, 6.45) is 3.39. The second kappa shape index (κ2) is 12.8. The molecule has 2 aromatic carbocycles. The Hall–Kier alpha value is -3.35. The molecule has 7 heteroatoms. The zero-order chi connectivity index (χ0) is 24.3. The summed E-state index contributed by atoms with van der Waals surface area (Å²) in [4.78, 5) is 35.0. The standard InChI is InChI=1S/C27H34N2O5/c1-2-19(15-16-25(30)28-17-9-3-4-14-26(31)32)29-27(33)34-18-24-22-12-7-5-10-20(22)21-11-6-8-13-23(21)24/h5-8,10-13,19,24H,2-4,9,14-18H2,1H3,(H,28,30)(H,29,33)(H,31,32). The maximum absolute atomic E-state index is 12.5. The first-order chi connectivity index (χ1) is 16.5. The van der Waals surface area contributed by atoms with E-state index in [9.17, 15) is 14.4 Å². The Kier molecular flexibility index (Phi) is 9.50. The van der Waals surface area contributed by atoms with Crippen molar-refractivity contribution in [3.8, 4) is 11.1 Å². The van der Waals surface area contributed by atoms with Crippen LogP contribution < -0.4 is 10.6 Å². The topological polar surface area (TPSA) is 105 Å². The molecule has 2 aromatic rings. The SMILES string of the molecule is CCC(CCC(=O)NCCCCCC(=O)O)NC(=O)OCC1c2ccccc2-c2ccccc21. The second-order valence-electron chi connectivity index (χ2n) is 8.67. The van der Waals surface area contributed by atoms with Crippen molar-refractivity contribution in [1.29, 1.82) is 0 Å². The van der Waals surface area contributed by atoms with E-state index in [0.717, 1.165) is 12.8 Å². The molecule has 0 saturated heterocycles. The number of unbranched alkanes of at least 4 members (excludes halogenated alkanes) is 2. The molecule has 182 valence electrons. The zero-order valence-corrected chi connectivity index (χ0v) is 19.7. The molecule has 0 aromatic heterocycles. The van der Waals surface area contributed by atoms with E-state index in [0.29, 0.717) is 32.2 Å². The lowest BCUT2D eigenvalue weighted by Crippen LogP contribution is -2.36. The van der Waals surface area contributed by atoms with Crippen LogP contribution in [0.15, 0.2) is 48.5 Å². The fourth-order valence-electron chi connectivity index (χ4n) is 4.38. The van der Waals surface area contributed by atoms with Crippen LogP contribution in [0.5, 0.6) is 0 Å². The number of carboxylic acids is 1. The first-order valence-electron chi connectivity index (χ1n) is 12.1. The molecule has 0 fully saturated rings. The Labute approximate surface area is 200 Å². The summed E-state index contributed by atoms with van der Waals surface area (Å²) in [7, 11) is 0. The van der Waals surface area contributed by atoms with Gasteiger partial charge in [-0.2, -0.15) is 0 Å². The average Bonchev–Trinajstić information content (AvgIpc) is 3.16. The minimum atomic E-state index is -0.793. The monoisotopic (exact) mass is 466 g/mol. The molecule has 0 aliphatic heterocycles. The number of rotatable bonds is 13. The van der Waals surface area contributed by atoms with Gasteiger partial charge >= 0.3 is 12.1 Å². The summed E-state index contributed by atoms with van der Waals surface area (Å²) >= 11 is 0. The highest BCUT2D eigenvalue weighted by Gasteiger charge is 2.29. The van der Waals surface area contributed by atoms with Gasteiger partial charge in [0.2, 0.25) is 5.91 Å². The van der Waals surface area contributed by atoms with Crippen molar-refractivity contribution in [1.82, 2.24) is 10.6 Å². The number of fused-ring (bicyclic) bond motifs is 3. The van der Waals surface area contributed by atoms with E-state index in [4.69, 9.17) is 9.84 Å². The van der Waals surface area contributed by atoms with E-state index in [1.54, 1.807) is 0 Å². The molecule has 34 heavy (non-hydrogen) atoms. The number of hydrogen-bond donors (Lipinski definition) is 3. The Bertz CT molecular complexity index is 945. The number of carboxylic acid groups (broad SMARTS) is 1. The fourth-order valence-corrected chi connectivity index (χ4v) is 4.38. The third-order valence-corrected chi connectivity index (χ3v) is 6.27. The summed E-state index contributed by atoms with van der Waals surface area (Å²) in [5.74, 6) is -0.843. The fraction of sp³-hybridized carbons (Fsp3) is 0.444. The molecular formula is C27H34N2O5. The Morgan fingerprint density at radius 3 is 2.21 bits per heavy atom. The van der Waals surface area contributed by atoms with Gasteiger partial charge in [-0.05, 0) is 47.9 Å². The molecule has 1 atom stereocenters. The molecule has 0 radical (unpaired) electrons. The molecule has 0 spiro atoms. The van der Waals surface area contributed by atoms with Crippen LogP contribution in [0.3, 0.4) is 0 Å². The number of alkyl carbamates (subject to hydrolysis) is 1. The van der Waals surface area contributed by atoms with E-state index in [-0.39, 0.29) is 30.9 Å². The first-order valence-corrected chi connectivity index (χ1v) is 12.1. The van der Waals surface area contributed by atoms with E-state index >= 15 is 0 Å². The lowest BCUT2D eigenvalue weighted by atomic mass is 9.98. The number of benzene rings is 2. The Balaban J connectivity index is 1.39. The first kappa shape index (κ1) is 25.3. The van der Waals surface area contributed by atoms with Gasteiger partial charge in [0.05, 0.1) is 0 Å². The van der Waals surface area contributed by atoms with Crippen molar-refractivity contribution in [2.75, 3.05) is 13.2 Å². The summed E-state index contributed by atoms with van der Waals surface area (Å²) in [6.45, 7) is 2.77. The van der Waals surface area contributed by atoms with E-state index in [1.807, 2.05) is 31.2 Å². The molecule has 1 unspecified atom stereocenters. The van der Waals surface area contributed by atoms with Gasteiger partial charge in [-0.15, -0.1) is 0 Å². The van der Waals surface area contributed by atoms with Gasteiger partial charge in [0.25, 0.3) is 0 Å². The average molecular weight is 467 g/mol. The summed E-state index contributed by atoms with van der Waals surface area (Å²) in [5.41, 5.74) is 4.71. The number of nitrogens with one attached hydrogen (secondary N) is 2. The Morgan fingerprint density at radius 2 is 1.59 bits per heavy atom. The highest BCUT2D eigenvalue weighted by molar-refractivity contribution is 5.79. The van der Waals surface area contributed by atoms with Crippen LogP contribution in [0, 0.1) is 0 Å². The predicted octanol–water partition coefficient (Wildman–Crippen LogP) is 4.85. The van der Waals surface area contributed by atoms with Gasteiger partial charge in [-0.25, -0.2) is 4.79 Å². The normalized spacial score (nSPS) is 13.0. The van der Waals surface area contributed by atoms with Crippen molar-refractivity contribution in [3.05, 3.63) is 59.7 Å². The zero-order valence-electron chi connectivity index (χ0n) is 19.7. The van der Waals surface area contributed by atoms with Crippen molar-refractivity contribution in [2.24, 2.45) is 0 Å². The molecule has 2 amide bonds. The highest BCUT2D eigenvalue weighted by Crippen LogP contribution is 2.44. The van der Waals surface area contributed by atoms with Gasteiger partial charge in [-0.1, -0.05) is 61.9 Å². The molecular weight excluding hydrogens is 432 g/mol.